The zero-order chi connectivity index (χ0) is 12.1. The molecule has 1 aliphatic heterocycles. The zero-order valence-corrected chi connectivity index (χ0v) is 10.7. The Labute approximate surface area is 96.7 Å². The van der Waals surface area contributed by atoms with Crippen LogP contribution in [0.5, 0.6) is 0 Å². The smallest absolute Gasteiger partial charge is 0.283 e. The molecule has 1 heterocycles. The van der Waals surface area contributed by atoms with E-state index in [1.165, 1.54) is 0 Å². The maximum atomic E-state index is 6.99. The largest absolute Gasteiger partial charge is 0.440 e. The first-order valence-electron chi connectivity index (χ1n) is 4.90. The lowest BCUT2D eigenvalue weighted by molar-refractivity contribution is -0.205. The molecule has 0 aliphatic carbocycles. The summed E-state index contributed by atoms with van der Waals surface area (Å²) in [4.78, 5) is 0. The standard InChI is InChI=1S/C7H15BO5P2/c1-3-5(9)7(13-15)6(12-8)4(11-3)2-10-14/h3-7,9H,2,14-15H2,1H3/t3?,4?,5-,6-,7-/m1/s1/i9D. The van der Waals surface area contributed by atoms with Crippen molar-refractivity contribution in [1.82, 2.24) is 0 Å². The summed E-state index contributed by atoms with van der Waals surface area (Å²) < 4.78 is 27.5. The molecule has 5 nitrogen and oxygen atoms in total. The highest BCUT2D eigenvalue weighted by molar-refractivity contribution is 7.10. The molecule has 0 aromatic carbocycles. The fourth-order valence-electron chi connectivity index (χ4n) is 1.65. The summed E-state index contributed by atoms with van der Waals surface area (Å²) >= 11 is 0. The monoisotopic (exact) mass is 253 g/mol. The van der Waals surface area contributed by atoms with Crippen LogP contribution in [0.25, 0.3) is 0 Å². The molecule has 0 amide bonds. The molecular weight excluding hydrogens is 237 g/mol. The van der Waals surface area contributed by atoms with Crippen molar-refractivity contribution in [2.75, 3.05) is 6.61 Å². The second kappa shape index (κ2) is 6.46. The Hall–Kier alpha value is 0.725. The number of hydrogen-bond donors (Lipinski definition) is 1. The van der Waals surface area contributed by atoms with E-state index in [0.29, 0.717) is 6.61 Å². The molecule has 7 atom stereocenters. The fourth-order valence-corrected chi connectivity index (χ4v) is 2.14. The summed E-state index contributed by atoms with van der Waals surface area (Å²) in [6.45, 7) is 2.09. The van der Waals surface area contributed by atoms with Crippen LogP contribution in [0.15, 0.2) is 0 Å². The molecule has 0 aromatic rings. The van der Waals surface area contributed by atoms with Crippen molar-refractivity contribution < 1.29 is 23.5 Å². The van der Waals surface area contributed by atoms with Gasteiger partial charge in [-0.3, -0.25) is 0 Å². The van der Waals surface area contributed by atoms with Crippen molar-refractivity contribution in [1.29, 1.82) is 1.43 Å². The quantitative estimate of drug-likeness (QED) is 0.533. The summed E-state index contributed by atoms with van der Waals surface area (Å²) in [6, 6.07) is 0. The Morgan fingerprint density at radius 1 is 1.53 bits per heavy atom. The van der Waals surface area contributed by atoms with E-state index in [0.717, 1.165) is 0 Å². The Morgan fingerprint density at radius 2 is 2.27 bits per heavy atom. The predicted octanol–water partition coefficient (Wildman–Crippen LogP) is -0.415. The second-order valence-electron chi connectivity index (χ2n) is 3.38. The van der Waals surface area contributed by atoms with Crippen LogP contribution in [0.2, 0.25) is 0 Å². The molecule has 8 heteroatoms. The number of hydrogen-bond acceptors (Lipinski definition) is 5. The minimum Gasteiger partial charge on any atom is -0.440 e. The highest BCUT2D eigenvalue weighted by Gasteiger charge is 2.43. The van der Waals surface area contributed by atoms with Gasteiger partial charge in [0.2, 0.25) is 1.43 Å². The topological polar surface area (TPSA) is 57.2 Å². The van der Waals surface area contributed by atoms with Crippen molar-refractivity contribution in [3.8, 4) is 0 Å². The third kappa shape index (κ3) is 3.10. The average Bonchev–Trinajstić information content (AvgIpc) is 2.28. The molecule has 4 unspecified atom stereocenters. The van der Waals surface area contributed by atoms with Gasteiger partial charge < -0.3 is 23.5 Å². The van der Waals surface area contributed by atoms with Gasteiger partial charge in [0, 0.05) is 18.9 Å². The van der Waals surface area contributed by atoms with E-state index < -0.39 is 18.3 Å². The third-order valence-electron chi connectivity index (χ3n) is 2.44. The molecular formula is C7H15BO5P2. The first kappa shape index (κ1) is 12.2. The highest BCUT2D eigenvalue weighted by atomic mass is 31.0. The van der Waals surface area contributed by atoms with E-state index in [1.807, 2.05) is 0 Å². The van der Waals surface area contributed by atoms with Gasteiger partial charge in [0.15, 0.2) is 0 Å². The van der Waals surface area contributed by atoms with Crippen LogP contribution in [-0.4, -0.2) is 51.7 Å². The van der Waals surface area contributed by atoms with Gasteiger partial charge in [0.05, 0.1) is 18.8 Å². The summed E-state index contributed by atoms with van der Waals surface area (Å²) in [5.74, 6) is 0. The molecule has 2 radical (unpaired) electrons. The van der Waals surface area contributed by atoms with Crippen LogP contribution in [0.1, 0.15) is 6.92 Å². The number of aliphatic hydroxyl groups excluding tert-OH is 1. The average molecular weight is 253 g/mol. The van der Waals surface area contributed by atoms with E-state index in [-0.39, 0.29) is 12.2 Å². The zero-order valence-electron chi connectivity index (χ0n) is 9.37. The summed E-state index contributed by atoms with van der Waals surface area (Å²) in [5, 5.41) is 4.57. The van der Waals surface area contributed by atoms with E-state index >= 15 is 0 Å². The maximum absolute atomic E-state index is 6.99. The van der Waals surface area contributed by atoms with Crippen molar-refractivity contribution in [2.24, 2.45) is 0 Å². The van der Waals surface area contributed by atoms with Gasteiger partial charge >= 0.3 is 0 Å². The molecule has 86 valence electrons. The van der Waals surface area contributed by atoms with Gasteiger partial charge in [0.1, 0.15) is 18.3 Å². The Balaban J connectivity index is 2.78. The van der Waals surface area contributed by atoms with E-state index in [4.69, 9.17) is 27.9 Å². The molecule has 1 saturated heterocycles. The fraction of sp³-hybridized carbons (Fsp3) is 1.00. The predicted molar refractivity (Wildman–Crippen MR) is 61.2 cm³/mol. The van der Waals surface area contributed by atoms with Gasteiger partial charge in [-0.1, -0.05) is 0 Å². The lowest BCUT2D eigenvalue weighted by Crippen LogP contribution is -2.58. The van der Waals surface area contributed by atoms with Crippen LogP contribution in [0.3, 0.4) is 0 Å². The van der Waals surface area contributed by atoms with Crippen molar-refractivity contribution >= 4 is 27.0 Å². The Morgan fingerprint density at radius 3 is 2.73 bits per heavy atom. The molecule has 1 rings (SSSR count). The lowest BCUT2D eigenvalue weighted by atomic mass is 9.95. The molecule has 1 fully saturated rings. The number of rotatable bonds is 5. The molecule has 0 aromatic heterocycles. The normalized spacial score (nSPS) is 42.6. The van der Waals surface area contributed by atoms with E-state index in [1.54, 1.807) is 6.92 Å². The second-order valence-corrected chi connectivity index (χ2v) is 3.98. The molecule has 1 N–H and O–H groups in total. The SMILES string of the molecule is [2H]O[C@@H]1C(C)OC(COP)[C@@H](O[B])[C@@H]1OP. The summed E-state index contributed by atoms with van der Waals surface area (Å²) in [7, 11) is 9.46. The van der Waals surface area contributed by atoms with Crippen molar-refractivity contribution in [3.63, 3.8) is 0 Å². The summed E-state index contributed by atoms with van der Waals surface area (Å²) in [6.07, 6.45) is -2.29. The Bertz CT molecular complexity index is 215. The van der Waals surface area contributed by atoms with E-state index in [2.05, 4.69) is 24.0 Å². The first-order chi connectivity index (χ1) is 7.69. The van der Waals surface area contributed by atoms with Crippen LogP contribution < -0.4 is 0 Å². The maximum Gasteiger partial charge on any atom is 0.283 e. The minimum absolute atomic E-state index is 0.298. The lowest BCUT2D eigenvalue weighted by Gasteiger charge is -2.42. The molecule has 0 bridgehead atoms. The minimum atomic E-state index is -0.563. The van der Waals surface area contributed by atoms with E-state index in [9.17, 15) is 0 Å². The van der Waals surface area contributed by atoms with Gasteiger partial charge in [-0.25, -0.2) is 0 Å². The van der Waals surface area contributed by atoms with Crippen LogP contribution >= 0.6 is 18.9 Å². The number of aliphatic hydroxyl groups is 1. The van der Waals surface area contributed by atoms with Crippen LogP contribution in [0, 0.1) is 0 Å². The van der Waals surface area contributed by atoms with Crippen LogP contribution in [-0.2, 0) is 18.4 Å². The van der Waals surface area contributed by atoms with Crippen molar-refractivity contribution in [2.45, 2.75) is 37.4 Å². The van der Waals surface area contributed by atoms with Gasteiger partial charge in [-0.05, 0) is 6.92 Å². The Kier molecular flexibility index (Phi) is 5.25. The number of ether oxygens (including phenoxy) is 1. The molecule has 0 spiro atoms. The highest BCUT2D eigenvalue weighted by Crippen LogP contribution is 2.27. The first-order valence-corrected chi connectivity index (χ1v) is 5.44. The molecule has 0 saturated carbocycles. The van der Waals surface area contributed by atoms with Gasteiger partial charge in [-0.15, -0.1) is 0 Å². The third-order valence-corrected chi connectivity index (χ3v) is 2.95. The van der Waals surface area contributed by atoms with Gasteiger partial charge in [-0.2, -0.15) is 0 Å². The molecule has 15 heavy (non-hydrogen) atoms. The molecule has 1 aliphatic rings. The van der Waals surface area contributed by atoms with Gasteiger partial charge in [0.25, 0.3) is 8.05 Å². The van der Waals surface area contributed by atoms with Crippen molar-refractivity contribution in [3.05, 3.63) is 0 Å². The van der Waals surface area contributed by atoms with Crippen LogP contribution in [0.4, 0.5) is 0 Å². The summed E-state index contributed by atoms with van der Waals surface area (Å²) in [5.41, 5.74) is 0.